The maximum atomic E-state index is 10.9. The van der Waals surface area contributed by atoms with Gasteiger partial charge in [-0.2, -0.15) is 0 Å². The molecule has 7 N–H and O–H groups in total. The van der Waals surface area contributed by atoms with Crippen molar-refractivity contribution in [2.45, 2.75) is 25.8 Å². The van der Waals surface area contributed by atoms with Gasteiger partial charge in [0.25, 0.3) is 0 Å². The first kappa shape index (κ1) is 13.2. The number of nitrogens with one attached hydrogen (secondary N) is 1. The number of rotatable bonds is 6. The zero-order valence-corrected chi connectivity index (χ0v) is 8.69. The lowest BCUT2D eigenvalue weighted by molar-refractivity contribution is -0.126. The zero-order valence-electron chi connectivity index (χ0n) is 8.69. The van der Waals surface area contributed by atoms with Crippen LogP contribution in [0.1, 0.15) is 19.8 Å². The third-order valence-electron chi connectivity index (χ3n) is 1.67. The van der Waals surface area contributed by atoms with E-state index in [1.165, 1.54) is 6.92 Å². The largest absolute Gasteiger partial charge is 0.370 e. The first-order valence-electron chi connectivity index (χ1n) is 4.55. The molecule has 15 heavy (non-hydrogen) atoms. The summed E-state index contributed by atoms with van der Waals surface area (Å²) in [4.78, 5) is 25.3. The second kappa shape index (κ2) is 6.63. The summed E-state index contributed by atoms with van der Waals surface area (Å²) in [5.74, 6) is -0.847. The van der Waals surface area contributed by atoms with E-state index in [9.17, 15) is 9.59 Å². The van der Waals surface area contributed by atoms with Gasteiger partial charge in [-0.15, -0.1) is 0 Å². The summed E-state index contributed by atoms with van der Waals surface area (Å²) in [5.41, 5.74) is 15.3. The van der Waals surface area contributed by atoms with Gasteiger partial charge in [0.05, 0.1) is 0 Å². The lowest BCUT2D eigenvalue weighted by atomic mass is 10.1. The van der Waals surface area contributed by atoms with E-state index in [-0.39, 0.29) is 11.9 Å². The predicted octanol–water partition coefficient (Wildman–Crippen LogP) is -1.97. The Kier molecular flexibility index (Phi) is 5.84. The number of nitrogens with two attached hydrogens (primary N) is 3. The summed E-state index contributed by atoms with van der Waals surface area (Å²) in [5, 5.41) is 2.44. The number of guanidine groups is 1. The Morgan fingerprint density at radius 1 is 1.33 bits per heavy atom. The molecule has 1 unspecified atom stereocenters. The van der Waals surface area contributed by atoms with E-state index in [2.05, 4.69) is 10.3 Å². The standard InChI is InChI=1S/C8H17N5O2/c1-5(14)13-6(7(9)15)3-2-4-12-8(10)11/h6H,2-4H2,1H3,(H2,9,15)(H,13,14)(H4,10,11,12). The number of hydrogen-bond acceptors (Lipinski definition) is 3. The highest BCUT2D eigenvalue weighted by atomic mass is 16.2. The van der Waals surface area contributed by atoms with Crippen LogP contribution in [0.25, 0.3) is 0 Å². The van der Waals surface area contributed by atoms with E-state index in [1.807, 2.05) is 0 Å². The molecule has 0 radical (unpaired) electrons. The van der Waals surface area contributed by atoms with E-state index < -0.39 is 11.9 Å². The summed E-state index contributed by atoms with van der Waals surface area (Å²) in [6, 6.07) is -0.656. The molecule has 0 saturated carbocycles. The van der Waals surface area contributed by atoms with Crippen LogP contribution in [-0.2, 0) is 9.59 Å². The molecule has 2 amide bonds. The van der Waals surface area contributed by atoms with E-state index >= 15 is 0 Å². The van der Waals surface area contributed by atoms with Crippen LogP contribution < -0.4 is 22.5 Å². The molecule has 0 aromatic heterocycles. The Labute approximate surface area is 88.1 Å². The average molecular weight is 215 g/mol. The summed E-state index contributed by atoms with van der Waals surface area (Å²) >= 11 is 0. The molecular weight excluding hydrogens is 198 g/mol. The first-order chi connectivity index (χ1) is 6.93. The Morgan fingerprint density at radius 2 is 1.93 bits per heavy atom. The minimum Gasteiger partial charge on any atom is -0.370 e. The maximum Gasteiger partial charge on any atom is 0.240 e. The number of primary amides is 1. The van der Waals surface area contributed by atoms with Gasteiger partial charge in [0.1, 0.15) is 6.04 Å². The minimum absolute atomic E-state index is 0.00477. The highest BCUT2D eigenvalue weighted by Gasteiger charge is 2.14. The van der Waals surface area contributed by atoms with Gasteiger partial charge in [0, 0.05) is 13.5 Å². The molecule has 86 valence electrons. The lowest BCUT2D eigenvalue weighted by Crippen LogP contribution is -2.43. The Balaban J connectivity index is 3.92. The molecule has 7 nitrogen and oxygen atoms in total. The molecule has 0 rings (SSSR count). The van der Waals surface area contributed by atoms with Crippen LogP contribution in [-0.4, -0.2) is 30.4 Å². The lowest BCUT2D eigenvalue weighted by Gasteiger charge is -2.12. The topological polar surface area (TPSA) is 137 Å². The maximum absolute atomic E-state index is 10.9. The van der Waals surface area contributed by atoms with Crippen molar-refractivity contribution in [3.63, 3.8) is 0 Å². The Morgan fingerprint density at radius 3 is 2.33 bits per heavy atom. The molecule has 7 heteroatoms. The fourth-order valence-corrected chi connectivity index (χ4v) is 1.03. The second-order valence-corrected chi connectivity index (χ2v) is 3.10. The van der Waals surface area contributed by atoms with Gasteiger partial charge in [0.15, 0.2) is 5.96 Å². The number of amides is 2. The van der Waals surface area contributed by atoms with Crippen molar-refractivity contribution in [1.82, 2.24) is 5.32 Å². The smallest absolute Gasteiger partial charge is 0.240 e. The highest BCUT2D eigenvalue weighted by molar-refractivity contribution is 5.85. The fraction of sp³-hybridized carbons (Fsp3) is 0.625. The highest BCUT2D eigenvalue weighted by Crippen LogP contribution is 1.97. The Bertz CT molecular complexity index is 260. The van der Waals surface area contributed by atoms with Crippen LogP contribution in [0.4, 0.5) is 0 Å². The average Bonchev–Trinajstić information content (AvgIpc) is 2.08. The molecule has 0 aromatic carbocycles. The molecule has 0 aliphatic heterocycles. The fourth-order valence-electron chi connectivity index (χ4n) is 1.03. The van der Waals surface area contributed by atoms with Crippen LogP contribution in [0.2, 0.25) is 0 Å². The third kappa shape index (κ3) is 7.29. The minimum atomic E-state index is -0.656. The summed E-state index contributed by atoms with van der Waals surface area (Å²) in [6.07, 6.45) is 0.998. The van der Waals surface area contributed by atoms with Crippen molar-refractivity contribution in [1.29, 1.82) is 0 Å². The van der Waals surface area contributed by atoms with Crippen molar-refractivity contribution in [2.24, 2.45) is 22.2 Å². The van der Waals surface area contributed by atoms with Gasteiger partial charge in [-0.1, -0.05) is 0 Å². The van der Waals surface area contributed by atoms with E-state index in [1.54, 1.807) is 0 Å². The van der Waals surface area contributed by atoms with E-state index in [0.717, 1.165) is 0 Å². The van der Waals surface area contributed by atoms with Crippen molar-refractivity contribution in [2.75, 3.05) is 6.54 Å². The van der Waals surface area contributed by atoms with Gasteiger partial charge >= 0.3 is 0 Å². The molecule has 0 heterocycles. The van der Waals surface area contributed by atoms with Gasteiger partial charge in [-0.3, -0.25) is 14.6 Å². The monoisotopic (exact) mass is 215 g/mol. The summed E-state index contributed by atoms with van der Waals surface area (Å²) in [7, 11) is 0. The van der Waals surface area contributed by atoms with Gasteiger partial charge in [-0.05, 0) is 12.8 Å². The molecule has 0 aliphatic rings. The molecule has 0 aromatic rings. The number of hydrogen-bond donors (Lipinski definition) is 4. The predicted molar refractivity (Wildman–Crippen MR) is 56.7 cm³/mol. The molecule has 0 aliphatic carbocycles. The first-order valence-corrected chi connectivity index (χ1v) is 4.55. The third-order valence-corrected chi connectivity index (χ3v) is 1.67. The van der Waals surface area contributed by atoms with Crippen molar-refractivity contribution in [3.05, 3.63) is 0 Å². The van der Waals surface area contributed by atoms with Crippen molar-refractivity contribution in [3.8, 4) is 0 Å². The van der Waals surface area contributed by atoms with Gasteiger partial charge in [0.2, 0.25) is 11.8 Å². The molecule has 0 fully saturated rings. The SMILES string of the molecule is CC(=O)NC(CCCN=C(N)N)C(N)=O. The van der Waals surface area contributed by atoms with Gasteiger partial charge < -0.3 is 22.5 Å². The molecule has 0 bridgehead atoms. The van der Waals surface area contributed by atoms with Crippen molar-refractivity contribution < 1.29 is 9.59 Å². The van der Waals surface area contributed by atoms with Crippen molar-refractivity contribution >= 4 is 17.8 Å². The summed E-state index contributed by atoms with van der Waals surface area (Å²) in [6.45, 7) is 1.73. The Hall–Kier alpha value is -1.79. The number of nitrogens with zero attached hydrogens (tertiary/aromatic N) is 1. The number of carbonyl (C=O) groups is 2. The molecular formula is C8H17N5O2. The van der Waals surface area contributed by atoms with Crippen LogP contribution in [0.3, 0.4) is 0 Å². The normalized spacial score (nSPS) is 11.5. The number of aliphatic imine (C=N–C) groups is 1. The van der Waals surface area contributed by atoms with E-state index in [4.69, 9.17) is 17.2 Å². The summed E-state index contributed by atoms with van der Waals surface area (Å²) < 4.78 is 0. The van der Waals surface area contributed by atoms with Crippen LogP contribution in [0.5, 0.6) is 0 Å². The molecule has 0 spiro atoms. The van der Waals surface area contributed by atoms with Crippen LogP contribution in [0, 0.1) is 0 Å². The molecule has 1 atom stereocenters. The zero-order chi connectivity index (χ0) is 11.8. The van der Waals surface area contributed by atoms with Gasteiger partial charge in [-0.25, -0.2) is 0 Å². The quantitative estimate of drug-likeness (QED) is 0.232. The van der Waals surface area contributed by atoms with E-state index in [0.29, 0.717) is 19.4 Å². The number of carbonyl (C=O) groups excluding carboxylic acids is 2. The van der Waals surface area contributed by atoms with Crippen LogP contribution in [0.15, 0.2) is 4.99 Å². The second-order valence-electron chi connectivity index (χ2n) is 3.10. The van der Waals surface area contributed by atoms with Crippen LogP contribution >= 0.6 is 0 Å². The molecule has 0 saturated heterocycles.